The Balaban J connectivity index is 1.38. The van der Waals surface area contributed by atoms with Gasteiger partial charge in [0.2, 0.25) is 5.95 Å². The van der Waals surface area contributed by atoms with E-state index in [4.69, 9.17) is 21.3 Å². The lowest BCUT2D eigenvalue weighted by molar-refractivity contribution is -0.0816. The van der Waals surface area contributed by atoms with Crippen LogP contribution >= 0.6 is 11.6 Å². The van der Waals surface area contributed by atoms with Gasteiger partial charge in [-0.3, -0.25) is 0 Å². The fraction of sp³-hybridized carbons (Fsp3) is 0.727. The van der Waals surface area contributed by atoms with Crippen LogP contribution in [0.25, 0.3) is 0 Å². The van der Waals surface area contributed by atoms with Crippen molar-refractivity contribution in [2.75, 3.05) is 18.5 Å². The lowest BCUT2D eigenvalue weighted by atomic mass is 9.34. The van der Waals surface area contributed by atoms with Crippen molar-refractivity contribution in [2.24, 2.45) is 0 Å². The smallest absolute Gasteiger partial charge is 0.223 e. The van der Waals surface area contributed by atoms with Crippen LogP contribution < -0.4 is 5.32 Å². The number of rotatable bonds is 6. The van der Waals surface area contributed by atoms with E-state index in [9.17, 15) is 10.2 Å². The van der Waals surface area contributed by atoms with Gasteiger partial charge in [-0.1, -0.05) is 11.6 Å². The number of hydrogen-bond donors (Lipinski definition) is 3. The second-order valence-corrected chi connectivity index (χ2v) is 10.9. The van der Waals surface area contributed by atoms with Gasteiger partial charge in [-0.15, -0.1) is 10.2 Å². The highest BCUT2D eigenvalue weighted by Crippen LogP contribution is 2.74. The molecule has 3 heterocycles. The van der Waals surface area contributed by atoms with Gasteiger partial charge in [0.25, 0.3) is 0 Å². The van der Waals surface area contributed by atoms with E-state index in [-0.39, 0.29) is 22.9 Å². The zero-order chi connectivity index (χ0) is 22.9. The van der Waals surface area contributed by atoms with Crippen LogP contribution in [0.3, 0.4) is 0 Å². The Bertz CT molecular complexity index is 1010. The van der Waals surface area contributed by atoms with Gasteiger partial charge < -0.3 is 24.8 Å². The summed E-state index contributed by atoms with van der Waals surface area (Å²) in [7, 11) is 0. The molecule has 9 nitrogen and oxygen atoms in total. The van der Waals surface area contributed by atoms with E-state index in [0.717, 1.165) is 30.8 Å². The molecule has 10 heteroatoms. The zero-order valence-electron chi connectivity index (χ0n) is 19.0. The largest absolute Gasteiger partial charge is 0.389 e. The molecule has 3 aliphatic carbocycles. The molecule has 2 atom stereocenters. The molecule has 4 aliphatic rings. The quantitative estimate of drug-likeness (QED) is 0.599. The summed E-state index contributed by atoms with van der Waals surface area (Å²) in [5, 5.41) is 33.4. The molecule has 0 aromatic carbocycles. The molecule has 3 N–H and O–H groups in total. The number of hydrogen-bond acceptors (Lipinski definition) is 8. The molecular weight excluding hydrogens is 432 g/mol. The summed E-state index contributed by atoms with van der Waals surface area (Å²) in [5.41, 5.74) is -0.340. The van der Waals surface area contributed by atoms with Gasteiger partial charge in [-0.2, -0.15) is 0 Å². The van der Waals surface area contributed by atoms with Crippen molar-refractivity contribution in [3.8, 4) is 0 Å². The molecule has 0 radical (unpaired) electrons. The van der Waals surface area contributed by atoms with Crippen LogP contribution in [0.4, 0.5) is 5.95 Å². The van der Waals surface area contributed by atoms with Crippen molar-refractivity contribution < 1.29 is 14.9 Å². The van der Waals surface area contributed by atoms with Crippen molar-refractivity contribution in [1.82, 2.24) is 24.7 Å². The van der Waals surface area contributed by atoms with E-state index < -0.39 is 11.7 Å². The summed E-state index contributed by atoms with van der Waals surface area (Å²) < 4.78 is 7.39. The topological polar surface area (TPSA) is 118 Å². The molecule has 0 spiro atoms. The highest BCUT2D eigenvalue weighted by molar-refractivity contribution is 6.31. The first-order valence-corrected chi connectivity index (χ1v) is 11.7. The number of halogens is 1. The number of aliphatic hydroxyl groups excluding tert-OH is 1. The number of aromatic nitrogens is 5. The van der Waals surface area contributed by atoms with Gasteiger partial charge in [-0.25, -0.2) is 9.97 Å². The predicted molar refractivity (Wildman–Crippen MR) is 119 cm³/mol. The molecular formula is C22H31ClN6O3. The molecule has 174 valence electrons. The molecule has 1 aliphatic heterocycles. The van der Waals surface area contributed by atoms with Gasteiger partial charge in [0, 0.05) is 23.5 Å². The van der Waals surface area contributed by atoms with Crippen molar-refractivity contribution >= 4 is 17.5 Å². The zero-order valence-corrected chi connectivity index (χ0v) is 19.7. The summed E-state index contributed by atoms with van der Waals surface area (Å²) >= 11 is 6.54. The Hall–Kier alpha value is -1.81. The molecule has 2 aromatic rings. The highest BCUT2D eigenvalue weighted by atomic mass is 35.5. The molecule has 0 amide bonds. The van der Waals surface area contributed by atoms with E-state index in [1.165, 1.54) is 0 Å². The van der Waals surface area contributed by atoms with Gasteiger partial charge in [0.1, 0.15) is 11.4 Å². The fourth-order valence-corrected chi connectivity index (χ4v) is 5.99. The maximum absolute atomic E-state index is 10.6. The SMILES string of the molecule is CC(C)n1c(C(C)(C)O)nnc1C12CC(c3nc(N[C@@H]4CCOC[C@H]4O)ncc3Cl)(C1)C2. The average Bonchev–Trinajstić information content (AvgIpc) is 3.10. The molecule has 2 aromatic heterocycles. The predicted octanol–water partition coefficient (Wildman–Crippen LogP) is 2.46. The first-order valence-electron chi connectivity index (χ1n) is 11.3. The lowest BCUT2D eigenvalue weighted by Gasteiger charge is -2.69. The molecule has 32 heavy (non-hydrogen) atoms. The van der Waals surface area contributed by atoms with E-state index >= 15 is 0 Å². The summed E-state index contributed by atoms with van der Waals surface area (Å²) in [6.07, 6.45) is 4.45. The monoisotopic (exact) mass is 462 g/mol. The van der Waals surface area contributed by atoms with Crippen molar-refractivity contribution in [3.05, 3.63) is 28.6 Å². The van der Waals surface area contributed by atoms with Crippen LogP contribution in [0.2, 0.25) is 5.02 Å². The van der Waals surface area contributed by atoms with E-state index in [1.807, 2.05) is 0 Å². The second-order valence-electron chi connectivity index (χ2n) is 10.5. The number of aliphatic hydroxyl groups is 2. The average molecular weight is 463 g/mol. The van der Waals surface area contributed by atoms with Gasteiger partial charge in [0.05, 0.1) is 35.7 Å². The fourth-order valence-electron chi connectivity index (χ4n) is 5.70. The normalized spacial score (nSPS) is 31.9. The van der Waals surface area contributed by atoms with Crippen LogP contribution in [0.5, 0.6) is 0 Å². The van der Waals surface area contributed by atoms with Crippen LogP contribution in [0.15, 0.2) is 6.20 Å². The van der Waals surface area contributed by atoms with Crippen molar-refractivity contribution in [2.45, 2.75) is 88.0 Å². The van der Waals surface area contributed by atoms with Crippen LogP contribution in [-0.2, 0) is 21.2 Å². The minimum absolute atomic E-state index is 0.0560. The molecule has 1 saturated heterocycles. The van der Waals surface area contributed by atoms with Crippen molar-refractivity contribution in [1.29, 1.82) is 0 Å². The number of nitrogens with one attached hydrogen (secondary N) is 1. The molecule has 0 unspecified atom stereocenters. The number of anilines is 1. The summed E-state index contributed by atoms with van der Waals surface area (Å²) in [6, 6.07) is 0.0118. The Morgan fingerprint density at radius 1 is 1.25 bits per heavy atom. The lowest BCUT2D eigenvalue weighted by Crippen LogP contribution is -2.68. The summed E-state index contributed by atoms with van der Waals surface area (Å²) in [4.78, 5) is 9.11. The Morgan fingerprint density at radius 2 is 1.97 bits per heavy atom. The van der Waals surface area contributed by atoms with E-state index in [2.05, 4.69) is 38.9 Å². The number of nitrogens with zero attached hydrogens (tertiary/aromatic N) is 5. The van der Waals surface area contributed by atoms with E-state index in [0.29, 0.717) is 36.4 Å². The van der Waals surface area contributed by atoms with Crippen LogP contribution in [0, 0.1) is 0 Å². The van der Waals surface area contributed by atoms with Crippen LogP contribution in [0.1, 0.15) is 76.8 Å². The second kappa shape index (κ2) is 7.35. The molecule has 3 saturated carbocycles. The summed E-state index contributed by atoms with van der Waals surface area (Å²) in [6.45, 7) is 8.58. The van der Waals surface area contributed by atoms with E-state index in [1.54, 1.807) is 20.0 Å². The highest BCUT2D eigenvalue weighted by Gasteiger charge is 2.72. The Labute approximate surface area is 192 Å². The first kappa shape index (κ1) is 22.0. The van der Waals surface area contributed by atoms with Crippen LogP contribution in [-0.4, -0.2) is 60.3 Å². The molecule has 6 rings (SSSR count). The van der Waals surface area contributed by atoms with Gasteiger partial charge in [-0.05, 0) is 53.4 Å². The Morgan fingerprint density at radius 3 is 2.59 bits per heavy atom. The Kier molecular flexibility index (Phi) is 5.05. The minimum atomic E-state index is -1.05. The standard InChI is InChI=1S/C22H31ClN6O3/c1-12(2)29-17(20(3,4)31)27-28-18(29)22-9-21(10-22,11-22)16-13(23)7-24-19(26-16)25-14-5-6-32-8-15(14)30/h7,12,14-15,30-31H,5-6,8-11H2,1-4H3,(H,24,25,26)/t14-,15-,21?,22?/m1/s1. The molecule has 2 bridgehead atoms. The maximum atomic E-state index is 10.6. The van der Waals surface area contributed by atoms with Crippen molar-refractivity contribution in [3.63, 3.8) is 0 Å². The first-order chi connectivity index (χ1) is 15.0. The van der Waals surface area contributed by atoms with Gasteiger partial charge in [0.15, 0.2) is 5.82 Å². The maximum Gasteiger partial charge on any atom is 0.223 e. The third kappa shape index (κ3) is 3.32. The van der Waals surface area contributed by atoms with Gasteiger partial charge >= 0.3 is 0 Å². The number of ether oxygens (including phenoxy) is 1. The third-order valence-electron chi connectivity index (χ3n) is 7.15. The molecule has 4 fully saturated rings. The third-order valence-corrected chi connectivity index (χ3v) is 7.43. The summed E-state index contributed by atoms with van der Waals surface area (Å²) in [5.74, 6) is 2.03. The minimum Gasteiger partial charge on any atom is -0.389 e.